The maximum atomic E-state index is 13.1. The minimum atomic E-state index is -0.992. The first-order valence-corrected chi connectivity index (χ1v) is 8.85. The zero-order chi connectivity index (χ0) is 18.8. The minimum Gasteiger partial charge on any atom is -0.293 e. The van der Waals surface area contributed by atoms with Crippen molar-refractivity contribution in [2.45, 2.75) is 0 Å². The number of nitrogens with zero attached hydrogens (tertiary/aromatic N) is 2. The molecule has 27 heavy (non-hydrogen) atoms. The molecule has 0 unspecified atom stereocenters. The van der Waals surface area contributed by atoms with E-state index in [-0.39, 0.29) is 11.7 Å². The Hall–Kier alpha value is -3.24. The zero-order valence-corrected chi connectivity index (χ0v) is 15.0. The lowest BCUT2D eigenvalue weighted by Crippen LogP contribution is -2.33. The van der Waals surface area contributed by atoms with Gasteiger partial charge >= 0.3 is 0 Å². The van der Waals surface area contributed by atoms with Gasteiger partial charge in [0.1, 0.15) is 5.92 Å². The summed E-state index contributed by atoms with van der Waals surface area (Å²) in [5.41, 5.74) is 2.22. The van der Waals surface area contributed by atoms with Crippen LogP contribution in [0.4, 0.5) is 5.69 Å². The molecule has 4 nitrogen and oxygen atoms in total. The number of halogens is 1. The van der Waals surface area contributed by atoms with Gasteiger partial charge in [0, 0.05) is 10.6 Å². The first kappa shape index (κ1) is 17.2. The third-order valence-electron chi connectivity index (χ3n) is 4.40. The average Bonchev–Trinajstić information content (AvgIpc) is 3.06. The highest BCUT2D eigenvalue weighted by atomic mass is 35.5. The van der Waals surface area contributed by atoms with Crippen molar-refractivity contribution >= 4 is 34.7 Å². The summed E-state index contributed by atoms with van der Waals surface area (Å²) in [5.74, 6) is -1.62. The molecular formula is C22H15ClN2O2. The second kappa shape index (κ2) is 7.17. The summed E-state index contributed by atoms with van der Waals surface area (Å²) < 4.78 is 0. The lowest BCUT2D eigenvalue weighted by molar-refractivity contribution is -0.118. The molecule has 0 spiro atoms. The van der Waals surface area contributed by atoms with E-state index in [1.807, 2.05) is 24.3 Å². The second-order valence-electron chi connectivity index (χ2n) is 6.14. The van der Waals surface area contributed by atoms with Gasteiger partial charge in [-0.2, -0.15) is 10.1 Å². The van der Waals surface area contributed by atoms with Crippen LogP contribution < -0.4 is 5.01 Å². The molecule has 0 radical (unpaired) electrons. The fraction of sp³-hybridized carbons (Fsp3) is 0.0455. The van der Waals surface area contributed by atoms with Crippen LogP contribution in [-0.2, 0) is 4.79 Å². The predicted octanol–water partition coefficient (Wildman–Crippen LogP) is 4.59. The van der Waals surface area contributed by atoms with E-state index < -0.39 is 5.92 Å². The minimum absolute atomic E-state index is 0.271. The number of ketones is 1. The predicted molar refractivity (Wildman–Crippen MR) is 106 cm³/mol. The summed E-state index contributed by atoms with van der Waals surface area (Å²) in [5, 5.41) is 6.38. The lowest BCUT2D eigenvalue weighted by Gasteiger charge is -2.14. The number of hydrogen-bond donors (Lipinski definition) is 0. The molecule has 1 heterocycles. The van der Waals surface area contributed by atoms with Gasteiger partial charge in [0.2, 0.25) is 0 Å². The van der Waals surface area contributed by atoms with Crippen LogP contribution in [0.1, 0.15) is 15.9 Å². The maximum Gasteiger partial charge on any atom is 0.264 e. The summed E-state index contributed by atoms with van der Waals surface area (Å²) >= 11 is 5.98. The molecule has 0 aromatic heterocycles. The Kier molecular flexibility index (Phi) is 4.57. The van der Waals surface area contributed by atoms with Crippen molar-refractivity contribution in [3.63, 3.8) is 0 Å². The molecule has 3 aromatic carbocycles. The van der Waals surface area contributed by atoms with Gasteiger partial charge in [-0.15, -0.1) is 0 Å². The Morgan fingerprint density at radius 1 is 0.852 bits per heavy atom. The average molecular weight is 375 g/mol. The van der Waals surface area contributed by atoms with E-state index in [4.69, 9.17) is 11.6 Å². The van der Waals surface area contributed by atoms with Gasteiger partial charge in [0.25, 0.3) is 5.91 Å². The largest absolute Gasteiger partial charge is 0.293 e. The van der Waals surface area contributed by atoms with E-state index >= 15 is 0 Å². The Morgan fingerprint density at radius 3 is 2.07 bits per heavy atom. The van der Waals surface area contributed by atoms with Crippen molar-refractivity contribution in [2.75, 3.05) is 5.01 Å². The van der Waals surface area contributed by atoms with Crippen LogP contribution in [0.2, 0.25) is 5.02 Å². The maximum absolute atomic E-state index is 13.1. The smallest absolute Gasteiger partial charge is 0.264 e. The number of hydrogen-bond acceptors (Lipinski definition) is 3. The zero-order valence-electron chi connectivity index (χ0n) is 14.2. The molecule has 1 aliphatic heterocycles. The van der Waals surface area contributed by atoms with Crippen LogP contribution >= 0.6 is 11.6 Å². The summed E-state index contributed by atoms with van der Waals surface area (Å²) in [4.78, 5) is 26.3. The highest BCUT2D eigenvalue weighted by Crippen LogP contribution is 2.29. The van der Waals surface area contributed by atoms with E-state index in [0.717, 1.165) is 0 Å². The Morgan fingerprint density at radius 2 is 1.44 bits per heavy atom. The Labute approximate surface area is 161 Å². The third kappa shape index (κ3) is 3.27. The van der Waals surface area contributed by atoms with Crippen LogP contribution in [0.15, 0.2) is 90.0 Å². The SMILES string of the molecule is O=C(c1ccccc1)[C@H]1C(=O)N(c2ccccc2)N=C1c1ccc(Cl)cc1. The molecule has 0 saturated heterocycles. The van der Waals surface area contributed by atoms with Gasteiger partial charge in [-0.05, 0) is 29.8 Å². The number of carbonyl (C=O) groups excluding carboxylic acids is 2. The van der Waals surface area contributed by atoms with Crippen LogP contribution in [0, 0.1) is 5.92 Å². The van der Waals surface area contributed by atoms with Crippen LogP contribution in [0.3, 0.4) is 0 Å². The number of amides is 1. The normalized spacial score (nSPS) is 16.3. The number of carbonyl (C=O) groups is 2. The quantitative estimate of drug-likeness (QED) is 0.495. The fourth-order valence-corrected chi connectivity index (χ4v) is 3.18. The van der Waals surface area contributed by atoms with Crippen LogP contribution in [0.5, 0.6) is 0 Å². The molecule has 0 saturated carbocycles. The molecule has 3 aromatic rings. The Bertz CT molecular complexity index is 1020. The van der Waals surface area contributed by atoms with Gasteiger partial charge in [-0.3, -0.25) is 9.59 Å². The standard InChI is InChI=1S/C22H15ClN2O2/c23-17-13-11-15(12-14-17)20-19(21(26)16-7-3-1-4-8-16)22(27)25(24-20)18-9-5-2-6-10-18/h1-14,19H/t19-/m0/s1. The van der Waals surface area contributed by atoms with Crippen molar-refractivity contribution in [2.24, 2.45) is 11.0 Å². The molecule has 1 aliphatic rings. The molecule has 0 N–H and O–H groups in total. The van der Waals surface area contributed by atoms with Crippen molar-refractivity contribution in [1.82, 2.24) is 0 Å². The van der Waals surface area contributed by atoms with Gasteiger partial charge in [-0.25, -0.2) is 0 Å². The van der Waals surface area contributed by atoms with Crippen molar-refractivity contribution < 1.29 is 9.59 Å². The summed E-state index contributed by atoms with van der Waals surface area (Å²) in [7, 11) is 0. The molecule has 0 fully saturated rings. The van der Waals surface area contributed by atoms with Crippen LogP contribution in [0.25, 0.3) is 0 Å². The monoisotopic (exact) mass is 374 g/mol. The van der Waals surface area contributed by atoms with Crippen molar-refractivity contribution in [1.29, 1.82) is 0 Å². The number of benzene rings is 3. The number of para-hydroxylation sites is 1. The van der Waals surface area contributed by atoms with E-state index in [2.05, 4.69) is 5.10 Å². The first-order chi connectivity index (χ1) is 13.1. The van der Waals surface area contributed by atoms with Gasteiger partial charge in [-0.1, -0.05) is 72.3 Å². The van der Waals surface area contributed by atoms with Crippen LogP contribution in [-0.4, -0.2) is 17.4 Å². The molecule has 0 aliphatic carbocycles. The van der Waals surface area contributed by atoms with E-state index in [1.54, 1.807) is 60.7 Å². The van der Waals surface area contributed by atoms with E-state index in [1.165, 1.54) is 5.01 Å². The topological polar surface area (TPSA) is 49.7 Å². The fourth-order valence-electron chi connectivity index (χ4n) is 3.06. The van der Waals surface area contributed by atoms with Gasteiger partial charge in [0.05, 0.1) is 11.4 Å². The molecule has 1 atom stereocenters. The van der Waals surface area contributed by atoms with Crippen molar-refractivity contribution in [3.05, 3.63) is 101 Å². The third-order valence-corrected chi connectivity index (χ3v) is 4.65. The number of anilines is 1. The second-order valence-corrected chi connectivity index (χ2v) is 6.58. The summed E-state index contributed by atoms with van der Waals surface area (Å²) in [6, 6.07) is 24.9. The van der Waals surface area contributed by atoms with Gasteiger partial charge in [0.15, 0.2) is 5.78 Å². The number of Topliss-reactive ketones (excluding diaryl/α,β-unsaturated/α-hetero) is 1. The molecule has 132 valence electrons. The summed E-state index contributed by atoms with van der Waals surface area (Å²) in [6.45, 7) is 0. The van der Waals surface area contributed by atoms with Gasteiger partial charge < -0.3 is 0 Å². The van der Waals surface area contributed by atoms with Crippen molar-refractivity contribution in [3.8, 4) is 0 Å². The number of rotatable bonds is 4. The number of hydrazone groups is 1. The highest BCUT2D eigenvalue weighted by Gasteiger charge is 2.42. The van der Waals surface area contributed by atoms with E-state index in [0.29, 0.717) is 27.5 Å². The summed E-state index contributed by atoms with van der Waals surface area (Å²) in [6.07, 6.45) is 0. The lowest BCUT2D eigenvalue weighted by atomic mass is 9.89. The highest BCUT2D eigenvalue weighted by molar-refractivity contribution is 6.35. The Balaban J connectivity index is 1.80. The molecule has 1 amide bonds. The molecular weight excluding hydrogens is 360 g/mol. The molecule has 4 rings (SSSR count). The molecule has 5 heteroatoms. The first-order valence-electron chi connectivity index (χ1n) is 8.48. The molecule has 0 bridgehead atoms. The van der Waals surface area contributed by atoms with E-state index in [9.17, 15) is 9.59 Å².